The van der Waals surface area contributed by atoms with Crippen molar-refractivity contribution in [3.05, 3.63) is 0 Å². The largest absolute Gasteiger partial charge is 0.380 e. The van der Waals surface area contributed by atoms with E-state index in [1.54, 1.807) is 0 Å². The molecule has 0 aromatic heterocycles. The SMILES string of the molecule is CCOCCNCC1CCN(C2CC2)C1. The Morgan fingerprint density at radius 2 is 2.20 bits per heavy atom. The molecule has 2 aliphatic rings. The molecule has 1 saturated carbocycles. The molecule has 1 aliphatic carbocycles. The summed E-state index contributed by atoms with van der Waals surface area (Å²) in [5.74, 6) is 0.882. The zero-order valence-electron chi connectivity index (χ0n) is 9.87. The first-order chi connectivity index (χ1) is 7.40. The first-order valence-corrected chi connectivity index (χ1v) is 6.42. The van der Waals surface area contributed by atoms with Crippen LogP contribution in [-0.4, -0.2) is 50.3 Å². The fraction of sp³-hybridized carbons (Fsp3) is 1.00. The lowest BCUT2D eigenvalue weighted by Crippen LogP contribution is -2.29. The predicted molar refractivity (Wildman–Crippen MR) is 62.1 cm³/mol. The third-order valence-corrected chi connectivity index (χ3v) is 3.44. The van der Waals surface area contributed by atoms with Crippen LogP contribution in [0.4, 0.5) is 0 Å². The molecular weight excluding hydrogens is 188 g/mol. The minimum atomic E-state index is 0.834. The zero-order valence-corrected chi connectivity index (χ0v) is 9.87. The number of rotatable bonds is 7. The van der Waals surface area contributed by atoms with Crippen LogP contribution in [0.3, 0.4) is 0 Å². The van der Waals surface area contributed by atoms with Crippen LogP contribution in [0, 0.1) is 5.92 Å². The summed E-state index contributed by atoms with van der Waals surface area (Å²) in [4.78, 5) is 2.68. The highest BCUT2D eigenvalue weighted by Crippen LogP contribution is 2.31. The Morgan fingerprint density at radius 1 is 1.33 bits per heavy atom. The first kappa shape index (κ1) is 11.4. The molecule has 1 atom stereocenters. The van der Waals surface area contributed by atoms with Gasteiger partial charge in [0.15, 0.2) is 0 Å². The average molecular weight is 212 g/mol. The van der Waals surface area contributed by atoms with Crippen molar-refractivity contribution in [3.8, 4) is 0 Å². The molecule has 3 heteroatoms. The van der Waals surface area contributed by atoms with Gasteiger partial charge in [0.1, 0.15) is 0 Å². The van der Waals surface area contributed by atoms with Gasteiger partial charge in [-0.3, -0.25) is 0 Å². The van der Waals surface area contributed by atoms with Crippen molar-refractivity contribution >= 4 is 0 Å². The molecule has 0 aromatic carbocycles. The third kappa shape index (κ3) is 3.74. The van der Waals surface area contributed by atoms with Gasteiger partial charge in [-0.15, -0.1) is 0 Å². The number of hydrogen-bond acceptors (Lipinski definition) is 3. The maximum absolute atomic E-state index is 5.29. The Labute approximate surface area is 93.2 Å². The second kappa shape index (κ2) is 5.83. The highest BCUT2D eigenvalue weighted by molar-refractivity contribution is 4.89. The molecule has 0 radical (unpaired) electrons. The Balaban J connectivity index is 1.49. The van der Waals surface area contributed by atoms with E-state index in [4.69, 9.17) is 4.74 Å². The summed E-state index contributed by atoms with van der Waals surface area (Å²) >= 11 is 0. The van der Waals surface area contributed by atoms with Gasteiger partial charge in [-0.05, 0) is 45.2 Å². The minimum absolute atomic E-state index is 0.834. The number of nitrogens with zero attached hydrogens (tertiary/aromatic N) is 1. The van der Waals surface area contributed by atoms with E-state index in [0.29, 0.717) is 0 Å². The molecule has 1 heterocycles. The first-order valence-electron chi connectivity index (χ1n) is 6.42. The van der Waals surface area contributed by atoms with Crippen molar-refractivity contribution < 1.29 is 4.74 Å². The summed E-state index contributed by atoms with van der Waals surface area (Å²) in [5, 5.41) is 3.49. The molecule has 3 nitrogen and oxygen atoms in total. The lowest BCUT2D eigenvalue weighted by Gasteiger charge is -2.15. The van der Waals surface area contributed by atoms with Gasteiger partial charge in [0.2, 0.25) is 0 Å². The minimum Gasteiger partial charge on any atom is -0.380 e. The van der Waals surface area contributed by atoms with Crippen LogP contribution >= 0.6 is 0 Å². The van der Waals surface area contributed by atoms with Gasteiger partial charge in [-0.25, -0.2) is 0 Å². The van der Waals surface area contributed by atoms with Crippen molar-refractivity contribution in [1.29, 1.82) is 0 Å². The number of hydrogen-bond donors (Lipinski definition) is 1. The van der Waals surface area contributed by atoms with Gasteiger partial charge < -0.3 is 15.0 Å². The van der Waals surface area contributed by atoms with Crippen LogP contribution in [0.1, 0.15) is 26.2 Å². The van der Waals surface area contributed by atoms with Crippen LogP contribution in [0.15, 0.2) is 0 Å². The summed E-state index contributed by atoms with van der Waals surface area (Å²) in [7, 11) is 0. The van der Waals surface area contributed by atoms with E-state index >= 15 is 0 Å². The normalized spacial score (nSPS) is 27.4. The number of likely N-dealkylation sites (tertiary alicyclic amines) is 1. The monoisotopic (exact) mass is 212 g/mol. The summed E-state index contributed by atoms with van der Waals surface area (Å²) in [5.41, 5.74) is 0. The summed E-state index contributed by atoms with van der Waals surface area (Å²) < 4.78 is 5.29. The van der Waals surface area contributed by atoms with E-state index in [-0.39, 0.29) is 0 Å². The highest BCUT2D eigenvalue weighted by atomic mass is 16.5. The standard InChI is InChI=1S/C12H24N2O/c1-2-15-8-6-13-9-11-5-7-14(10-11)12-3-4-12/h11-13H,2-10H2,1H3. The van der Waals surface area contributed by atoms with E-state index in [2.05, 4.69) is 10.2 Å². The topological polar surface area (TPSA) is 24.5 Å². The molecule has 0 spiro atoms. The van der Waals surface area contributed by atoms with Crippen LogP contribution in [0.2, 0.25) is 0 Å². The highest BCUT2D eigenvalue weighted by Gasteiger charge is 2.33. The summed E-state index contributed by atoms with van der Waals surface area (Å²) in [6.07, 6.45) is 4.28. The molecule has 0 bridgehead atoms. The summed E-state index contributed by atoms with van der Waals surface area (Å²) in [6, 6.07) is 0.957. The van der Waals surface area contributed by atoms with Gasteiger partial charge in [-0.2, -0.15) is 0 Å². The molecule has 1 N–H and O–H groups in total. The summed E-state index contributed by atoms with van der Waals surface area (Å²) in [6.45, 7) is 8.58. The van der Waals surface area contributed by atoms with Crippen molar-refractivity contribution in [2.45, 2.75) is 32.2 Å². The predicted octanol–water partition coefficient (Wildman–Crippen LogP) is 1.10. The van der Waals surface area contributed by atoms with E-state index in [9.17, 15) is 0 Å². The van der Waals surface area contributed by atoms with Crippen LogP contribution < -0.4 is 5.32 Å². The molecule has 2 rings (SSSR count). The number of ether oxygens (including phenoxy) is 1. The molecule has 15 heavy (non-hydrogen) atoms. The van der Waals surface area contributed by atoms with Crippen LogP contribution in [-0.2, 0) is 4.74 Å². The van der Waals surface area contributed by atoms with Gasteiger partial charge in [0.25, 0.3) is 0 Å². The van der Waals surface area contributed by atoms with Crippen LogP contribution in [0.25, 0.3) is 0 Å². The molecule has 88 valence electrons. The fourth-order valence-electron chi connectivity index (χ4n) is 2.40. The van der Waals surface area contributed by atoms with Crippen LogP contribution in [0.5, 0.6) is 0 Å². The lowest BCUT2D eigenvalue weighted by molar-refractivity contribution is 0.148. The molecule has 1 unspecified atom stereocenters. The van der Waals surface area contributed by atoms with E-state index < -0.39 is 0 Å². The van der Waals surface area contributed by atoms with E-state index in [1.165, 1.54) is 38.9 Å². The van der Waals surface area contributed by atoms with Crippen molar-refractivity contribution in [2.24, 2.45) is 5.92 Å². The van der Waals surface area contributed by atoms with E-state index in [0.717, 1.165) is 31.7 Å². The van der Waals surface area contributed by atoms with Gasteiger partial charge in [0.05, 0.1) is 6.61 Å². The van der Waals surface area contributed by atoms with Gasteiger partial charge in [0, 0.05) is 25.7 Å². The Hall–Kier alpha value is -0.120. The molecule has 0 amide bonds. The smallest absolute Gasteiger partial charge is 0.0590 e. The van der Waals surface area contributed by atoms with Gasteiger partial charge >= 0.3 is 0 Å². The average Bonchev–Trinajstić information content (AvgIpc) is 2.99. The molecular formula is C12H24N2O. The zero-order chi connectivity index (χ0) is 10.5. The number of nitrogens with one attached hydrogen (secondary N) is 1. The van der Waals surface area contributed by atoms with E-state index in [1.807, 2.05) is 6.92 Å². The fourth-order valence-corrected chi connectivity index (χ4v) is 2.40. The quantitative estimate of drug-likeness (QED) is 0.640. The Kier molecular flexibility index (Phi) is 4.42. The lowest BCUT2D eigenvalue weighted by atomic mass is 10.1. The maximum atomic E-state index is 5.29. The maximum Gasteiger partial charge on any atom is 0.0590 e. The molecule has 2 fully saturated rings. The van der Waals surface area contributed by atoms with Crippen molar-refractivity contribution in [1.82, 2.24) is 10.2 Å². The Bertz CT molecular complexity index is 182. The van der Waals surface area contributed by atoms with Crippen molar-refractivity contribution in [2.75, 3.05) is 39.4 Å². The second-order valence-electron chi connectivity index (χ2n) is 4.78. The Morgan fingerprint density at radius 3 is 2.93 bits per heavy atom. The molecule has 1 saturated heterocycles. The van der Waals surface area contributed by atoms with Crippen molar-refractivity contribution in [3.63, 3.8) is 0 Å². The molecule has 0 aromatic rings. The second-order valence-corrected chi connectivity index (χ2v) is 4.78. The van der Waals surface area contributed by atoms with Gasteiger partial charge in [-0.1, -0.05) is 0 Å². The third-order valence-electron chi connectivity index (χ3n) is 3.44. The molecule has 1 aliphatic heterocycles.